The molecule has 0 radical (unpaired) electrons. The third-order valence-electron chi connectivity index (χ3n) is 5.22. The monoisotopic (exact) mass is 365 g/mol. The molecule has 1 N–H and O–H groups in total. The van der Waals surface area contributed by atoms with Crippen molar-refractivity contribution in [3.8, 4) is 0 Å². The first-order valence-corrected chi connectivity index (χ1v) is 9.78. The Bertz CT molecular complexity index is 733. The number of hydrogen-bond donors (Lipinski definition) is 1. The van der Waals surface area contributed by atoms with Gasteiger partial charge in [-0.2, -0.15) is 0 Å². The summed E-state index contributed by atoms with van der Waals surface area (Å²) >= 11 is 0. The minimum absolute atomic E-state index is 0.734. The van der Waals surface area contributed by atoms with Crippen LogP contribution in [-0.2, 0) is 13.0 Å². The molecule has 2 heterocycles. The molecule has 1 aliphatic rings. The Kier molecular flexibility index (Phi) is 6.69. The molecule has 144 valence electrons. The average Bonchev–Trinajstić information content (AvgIpc) is 2.70. The summed E-state index contributed by atoms with van der Waals surface area (Å²) in [6, 6.07) is 14.9. The van der Waals surface area contributed by atoms with Crippen LogP contribution in [0, 0.1) is 5.92 Å². The maximum Gasteiger partial charge on any atom is 0.193 e. The number of nitrogens with one attached hydrogen (secondary N) is 1. The summed E-state index contributed by atoms with van der Waals surface area (Å²) in [4.78, 5) is 13.4. The van der Waals surface area contributed by atoms with Gasteiger partial charge in [-0.1, -0.05) is 36.4 Å². The molecule has 27 heavy (non-hydrogen) atoms. The molecule has 1 aromatic heterocycles. The number of piperidine rings is 1. The van der Waals surface area contributed by atoms with Crippen LogP contribution in [0.25, 0.3) is 0 Å². The van der Waals surface area contributed by atoms with Gasteiger partial charge in [0, 0.05) is 52.5 Å². The van der Waals surface area contributed by atoms with E-state index in [-0.39, 0.29) is 0 Å². The van der Waals surface area contributed by atoms with E-state index in [0.29, 0.717) is 0 Å². The van der Waals surface area contributed by atoms with Gasteiger partial charge in [0.2, 0.25) is 0 Å². The molecule has 0 amide bonds. The third-order valence-corrected chi connectivity index (χ3v) is 5.22. The molecule has 0 bridgehead atoms. The second-order valence-corrected chi connectivity index (χ2v) is 7.40. The van der Waals surface area contributed by atoms with Crippen molar-refractivity contribution in [2.24, 2.45) is 10.9 Å². The lowest BCUT2D eigenvalue weighted by atomic mass is 9.90. The van der Waals surface area contributed by atoms with Crippen molar-refractivity contribution in [3.05, 3.63) is 59.8 Å². The summed E-state index contributed by atoms with van der Waals surface area (Å²) in [7, 11) is 5.92. The summed E-state index contributed by atoms with van der Waals surface area (Å²) in [6.45, 7) is 2.85. The van der Waals surface area contributed by atoms with Gasteiger partial charge >= 0.3 is 0 Å². The zero-order valence-electron chi connectivity index (χ0n) is 16.7. The van der Waals surface area contributed by atoms with Gasteiger partial charge in [0.15, 0.2) is 5.96 Å². The fraction of sp³-hybridized carbons (Fsp3) is 0.455. The quantitative estimate of drug-likeness (QED) is 0.653. The van der Waals surface area contributed by atoms with Crippen molar-refractivity contribution >= 4 is 11.8 Å². The summed E-state index contributed by atoms with van der Waals surface area (Å²) in [5.74, 6) is 2.75. The van der Waals surface area contributed by atoms with Gasteiger partial charge in [-0.3, -0.25) is 4.99 Å². The molecule has 3 rings (SSSR count). The van der Waals surface area contributed by atoms with Gasteiger partial charge in [0.25, 0.3) is 0 Å². The molecule has 0 unspecified atom stereocenters. The number of aliphatic imine (C=N–C) groups is 1. The van der Waals surface area contributed by atoms with Crippen LogP contribution in [-0.4, -0.2) is 50.1 Å². The lowest BCUT2D eigenvalue weighted by molar-refractivity contribution is 0.259. The number of aromatic nitrogens is 1. The summed E-state index contributed by atoms with van der Waals surface area (Å²) in [5.41, 5.74) is 2.63. The first-order chi connectivity index (χ1) is 13.2. The Balaban J connectivity index is 1.52. The number of hydrogen-bond acceptors (Lipinski definition) is 3. The third kappa shape index (κ3) is 5.22. The van der Waals surface area contributed by atoms with E-state index < -0.39 is 0 Å². The number of guanidine groups is 1. The zero-order valence-corrected chi connectivity index (χ0v) is 16.7. The van der Waals surface area contributed by atoms with Crippen LogP contribution in [0.2, 0.25) is 0 Å². The van der Waals surface area contributed by atoms with Crippen molar-refractivity contribution in [1.82, 2.24) is 15.2 Å². The highest BCUT2D eigenvalue weighted by molar-refractivity contribution is 5.80. The zero-order chi connectivity index (χ0) is 19.1. The minimum Gasteiger partial charge on any atom is -0.362 e. The minimum atomic E-state index is 0.734. The van der Waals surface area contributed by atoms with E-state index in [4.69, 9.17) is 0 Å². The van der Waals surface area contributed by atoms with E-state index in [1.165, 1.54) is 30.4 Å². The largest absolute Gasteiger partial charge is 0.362 e. The van der Waals surface area contributed by atoms with Gasteiger partial charge in [-0.05, 0) is 36.8 Å². The maximum absolute atomic E-state index is 4.51. The van der Waals surface area contributed by atoms with Crippen LogP contribution < -0.4 is 10.2 Å². The topological polar surface area (TPSA) is 43.8 Å². The Morgan fingerprint density at radius 1 is 1.15 bits per heavy atom. The highest BCUT2D eigenvalue weighted by Crippen LogP contribution is 2.22. The van der Waals surface area contributed by atoms with Crippen molar-refractivity contribution < 1.29 is 0 Å². The molecule has 0 spiro atoms. The van der Waals surface area contributed by atoms with E-state index in [0.717, 1.165) is 37.3 Å². The molecule has 1 aromatic carbocycles. The van der Waals surface area contributed by atoms with E-state index in [1.807, 2.05) is 33.4 Å². The first kappa shape index (κ1) is 19.2. The fourth-order valence-electron chi connectivity index (χ4n) is 3.77. The van der Waals surface area contributed by atoms with Gasteiger partial charge in [0.05, 0.1) is 0 Å². The predicted octanol–water partition coefficient (Wildman–Crippen LogP) is 3.18. The van der Waals surface area contributed by atoms with Crippen LogP contribution >= 0.6 is 0 Å². The van der Waals surface area contributed by atoms with Crippen molar-refractivity contribution in [2.75, 3.05) is 39.1 Å². The Hall–Kier alpha value is -2.56. The molecule has 1 saturated heterocycles. The highest BCUT2D eigenvalue weighted by atomic mass is 15.3. The molecule has 0 aliphatic carbocycles. The van der Waals surface area contributed by atoms with Crippen LogP contribution in [0.3, 0.4) is 0 Å². The van der Waals surface area contributed by atoms with Gasteiger partial charge in [0.1, 0.15) is 5.82 Å². The van der Waals surface area contributed by atoms with Gasteiger partial charge < -0.3 is 15.1 Å². The first-order valence-electron chi connectivity index (χ1n) is 9.78. The summed E-state index contributed by atoms with van der Waals surface area (Å²) in [6.07, 6.45) is 5.45. The second-order valence-electron chi connectivity index (χ2n) is 7.40. The van der Waals surface area contributed by atoms with E-state index in [2.05, 4.69) is 61.5 Å². The van der Waals surface area contributed by atoms with Crippen molar-refractivity contribution in [1.29, 1.82) is 0 Å². The molecule has 1 fully saturated rings. The number of likely N-dealkylation sites (tertiary alicyclic amines) is 1. The lowest BCUT2D eigenvalue weighted by Gasteiger charge is -2.34. The lowest BCUT2D eigenvalue weighted by Crippen LogP contribution is -2.45. The SMILES string of the molecule is CN=C(NCc1cccnc1N(C)C)N1CCC(Cc2ccccc2)CC1. The van der Waals surface area contributed by atoms with Crippen LogP contribution in [0.4, 0.5) is 5.82 Å². The maximum atomic E-state index is 4.51. The number of anilines is 1. The Morgan fingerprint density at radius 2 is 1.89 bits per heavy atom. The normalized spacial score (nSPS) is 15.7. The average molecular weight is 366 g/mol. The molecule has 0 saturated carbocycles. The molecular weight excluding hydrogens is 334 g/mol. The number of rotatable bonds is 5. The summed E-state index contributed by atoms with van der Waals surface area (Å²) in [5, 5.41) is 3.52. The van der Waals surface area contributed by atoms with E-state index >= 15 is 0 Å². The Morgan fingerprint density at radius 3 is 2.56 bits per heavy atom. The van der Waals surface area contributed by atoms with Crippen LogP contribution in [0.15, 0.2) is 53.7 Å². The van der Waals surface area contributed by atoms with Crippen LogP contribution in [0.5, 0.6) is 0 Å². The molecule has 5 nitrogen and oxygen atoms in total. The smallest absolute Gasteiger partial charge is 0.193 e. The number of benzene rings is 1. The standard InChI is InChI=1S/C22H31N5/c1-23-22(25-17-20-10-7-13-24-21(20)26(2)3)27-14-11-19(12-15-27)16-18-8-5-4-6-9-18/h4-10,13,19H,11-12,14-17H2,1-3H3,(H,23,25). The summed E-state index contributed by atoms with van der Waals surface area (Å²) < 4.78 is 0. The fourth-order valence-corrected chi connectivity index (χ4v) is 3.77. The van der Waals surface area contributed by atoms with Gasteiger partial charge in [-0.25, -0.2) is 4.98 Å². The van der Waals surface area contributed by atoms with Crippen molar-refractivity contribution in [2.45, 2.75) is 25.8 Å². The highest BCUT2D eigenvalue weighted by Gasteiger charge is 2.21. The second kappa shape index (κ2) is 9.40. The Labute approximate surface area is 163 Å². The number of pyridine rings is 1. The predicted molar refractivity (Wildman–Crippen MR) is 113 cm³/mol. The molecule has 1 aliphatic heterocycles. The molecule has 0 atom stereocenters. The van der Waals surface area contributed by atoms with E-state index in [9.17, 15) is 0 Å². The molecule has 5 heteroatoms. The van der Waals surface area contributed by atoms with Gasteiger partial charge in [-0.15, -0.1) is 0 Å². The van der Waals surface area contributed by atoms with E-state index in [1.54, 1.807) is 0 Å². The van der Waals surface area contributed by atoms with Crippen LogP contribution in [0.1, 0.15) is 24.0 Å². The molecule has 2 aromatic rings. The molecular formula is C22H31N5. The van der Waals surface area contributed by atoms with Crippen molar-refractivity contribution in [3.63, 3.8) is 0 Å². The number of nitrogens with zero attached hydrogens (tertiary/aromatic N) is 4.